The Bertz CT molecular complexity index is 556. The fourth-order valence-corrected chi connectivity index (χ4v) is 3.74. The minimum Gasteiger partial charge on any atom is -0.339 e. The highest BCUT2D eigenvalue weighted by atomic mass is 16.2. The van der Waals surface area contributed by atoms with Crippen molar-refractivity contribution in [1.29, 1.82) is 0 Å². The number of aromatic amines is 1. The molecule has 2 heterocycles. The molecule has 0 spiro atoms. The van der Waals surface area contributed by atoms with E-state index in [1.807, 2.05) is 11.9 Å². The molecule has 24 heavy (non-hydrogen) atoms. The topological polar surface area (TPSA) is 55.5 Å². The largest absolute Gasteiger partial charge is 0.339 e. The third kappa shape index (κ3) is 4.36. The first-order valence-corrected chi connectivity index (χ1v) is 9.33. The molecule has 2 aliphatic rings. The number of nitrogens with one attached hydrogen (secondary N) is 1. The van der Waals surface area contributed by atoms with Gasteiger partial charge in [0, 0.05) is 25.8 Å². The van der Waals surface area contributed by atoms with Crippen molar-refractivity contribution in [3.8, 4) is 0 Å². The lowest BCUT2D eigenvalue weighted by atomic mass is 10.1. The van der Waals surface area contributed by atoms with E-state index in [1.165, 1.54) is 30.5 Å². The van der Waals surface area contributed by atoms with Gasteiger partial charge < -0.3 is 9.80 Å². The molecule has 0 radical (unpaired) electrons. The number of amides is 1. The fraction of sp³-hybridized carbons (Fsp3) is 0.778. The van der Waals surface area contributed by atoms with Gasteiger partial charge in [0.25, 0.3) is 0 Å². The van der Waals surface area contributed by atoms with E-state index in [1.54, 1.807) is 0 Å². The van der Waals surface area contributed by atoms with E-state index in [-0.39, 0.29) is 5.91 Å². The average molecular weight is 333 g/mol. The first-order chi connectivity index (χ1) is 11.6. The Balaban J connectivity index is 1.55. The van der Waals surface area contributed by atoms with Gasteiger partial charge in [-0.25, -0.2) is 0 Å². The first-order valence-electron chi connectivity index (χ1n) is 9.33. The van der Waals surface area contributed by atoms with Crippen LogP contribution in [0.1, 0.15) is 42.6 Å². The second-order valence-electron chi connectivity index (χ2n) is 7.37. The quantitative estimate of drug-likeness (QED) is 0.843. The maximum absolute atomic E-state index is 12.6. The van der Waals surface area contributed by atoms with Crippen molar-refractivity contribution >= 4 is 5.91 Å². The zero-order chi connectivity index (χ0) is 16.9. The molecular formula is C18H31N5O. The molecule has 1 aromatic heterocycles. The van der Waals surface area contributed by atoms with Gasteiger partial charge in [-0.3, -0.25) is 14.8 Å². The van der Waals surface area contributed by atoms with E-state index >= 15 is 0 Å². The van der Waals surface area contributed by atoms with Crippen molar-refractivity contribution in [2.45, 2.75) is 45.1 Å². The van der Waals surface area contributed by atoms with Gasteiger partial charge in [-0.05, 0) is 57.8 Å². The summed E-state index contributed by atoms with van der Waals surface area (Å²) in [6, 6.07) is 0. The molecule has 6 nitrogen and oxygen atoms in total. The summed E-state index contributed by atoms with van der Waals surface area (Å²) in [5.41, 5.74) is 3.72. The molecule has 1 fully saturated rings. The summed E-state index contributed by atoms with van der Waals surface area (Å²) in [6.45, 7) is 5.31. The predicted molar refractivity (Wildman–Crippen MR) is 94.9 cm³/mol. The summed E-state index contributed by atoms with van der Waals surface area (Å²) in [6.07, 6.45) is 7.11. The number of H-pyrrole nitrogens is 1. The van der Waals surface area contributed by atoms with Crippen LogP contribution < -0.4 is 0 Å². The summed E-state index contributed by atoms with van der Waals surface area (Å²) in [4.78, 5) is 19.1. The van der Waals surface area contributed by atoms with Gasteiger partial charge in [-0.1, -0.05) is 6.42 Å². The summed E-state index contributed by atoms with van der Waals surface area (Å²) in [5, 5.41) is 7.70. The van der Waals surface area contributed by atoms with Crippen molar-refractivity contribution < 1.29 is 4.79 Å². The maximum atomic E-state index is 12.6. The van der Waals surface area contributed by atoms with Gasteiger partial charge in [0.15, 0.2) is 0 Å². The zero-order valence-electron chi connectivity index (χ0n) is 15.2. The van der Waals surface area contributed by atoms with E-state index < -0.39 is 0 Å². The number of fused-ring (bicyclic) bond motifs is 1. The van der Waals surface area contributed by atoms with E-state index in [0.29, 0.717) is 13.1 Å². The van der Waals surface area contributed by atoms with Gasteiger partial charge >= 0.3 is 0 Å². The SMILES string of the molecule is CN1CCCN(CC(=O)N(C)Cc2n[nH]c3c2CCCCC3)CC1. The van der Waals surface area contributed by atoms with Gasteiger partial charge in [-0.2, -0.15) is 5.10 Å². The lowest BCUT2D eigenvalue weighted by molar-refractivity contribution is -0.131. The van der Waals surface area contributed by atoms with Crippen LogP contribution in [-0.4, -0.2) is 77.6 Å². The third-order valence-electron chi connectivity index (χ3n) is 5.38. The minimum atomic E-state index is 0.199. The standard InChI is InChI=1S/C18H31N5O/c1-21-9-6-10-23(12-11-21)14-18(24)22(2)13-17-15-7-4-3-5-8-16(15)19-20-17/h3-14H2,1-2H3,(H,19,20). The van der Waals surface area contributed by atoms with E-state index in [4.69, 9.17) is 0 Å². The molecule has 1 saturated heterocycles. The Morgan fingerprint density at radius 2 is 1.96 bits per heavy atom. The highest BCUT2D eigenvalue weighted by molar-refractivity contribution is 5.78. The van der Waals surface area contributed by atoms with Crippen LogP contribution in [0.3, 0.4) is 0 Å². The molecule has 1 amide bonds. The second-order valence-corrected chi connectivity index (χ2v) is 7.37. The van der Waals surface area contributed by atoms with Crippen LogP contribution in [-0.2, 0) is 24.2 Å². The molecule has 0 unspecified atom stereocenters. The normalized spacial score (nSPS) is 20.2. The molecule has 134 valence electrons. The Morgan fingerprint density at radius 3 is 2.83 bits per heavy atom. The number of hydrogen-bond acceptors (Lipinski definition) is 4. The average Bonchev–Trinajstić information content (AvgIpc) is 2.73. The van der Waals surface area contributed by atoms with Gasteiger partial charge in [0.1, 0.15) is 0 Å². The Labute approximate surface area is 145 Å². The summed E-state index contributed by atoms with van der Waals surface area (Å²) >= 11 is 0. The van der Waals surface area contributed by atoms with E-state index in [2.05, 4.69) is 27.0 Å². The molecule has 1 aromatic rings. The second kappa shape index (κ2) is 8.12. The molecule has 1 N–H and O–H groups in total. The fourth-order valence-electron chi connectivity index (χ4n) is 3.74. The monoisotopic (exact) mass is 333 g/mol. The number of aromatic nitrogens is 2. The first kappa shape index (κ1) is 17.4. The molecule has 1 aliphatic heterocycles. The summed E-state index contributed by atoms with van der Waals surface area (Å²) < 4.78 is 0. The van der Waals surface area contributed by atoms with Crippen LogP contribution in [0.2, 0.25) is 0 Å². The van der Waals surface area contributed by atoms with Crippen LogP contribution in [0, 0.1) is 0 Å². The Morgan fingerprint density at radius 1 is 1.12 bits per heavy atom. The number of carbonyl (C=O) groups excluding carboxylic acids is 1. The highest BCUT2D eigenvalue weighted by Gasteiger charge is 2.21. The van der Waals surface area contributed by atoms with Crippen molar-refractivity contribution in [2.75, 3.05) is 46.8 Å². The number of aryl methyl sites for hydroxylation is 1. The number of hydrogen-bond donors (Lipinski definition) is 1. The number of likely N-dealkylation sites (N-methyl/N-ethyl adjacent to an activating group) is 2. The zero-order valence-corrected chi connectivity index (χ0v) is 15.2. The van der Waals surface area contributed by atoms with Crippen molar-refractivity contribution in [2.24, 2.45) is 0 Å². The van der Waals surface area contributed by atoms with Gasteiger partial charge in [0.05, 0.1) is 18.8 Å². The van der Waals surface area contributed by atoms with E-state index in [9.17, 15) is 4.79 Å². The number of nitrogens with zero attached hydrogens (tertiary/aromatic N) is 4. The molecule has 0 atom stereocenters. The number of rotatable bonds is 4. The van der Waals surface area contributed by atoms with E-state index in [0.717, 1.165) is 51.1 Å². The van der Waals surface area contributed by atoms with Crippen LogP contribution in [0.25, 0.3) is 0 Å². The highest BCUT2D eigenvalue weighted by Crippen LogP contribution is 2.22. The molecule has 3 rings (SSSR count). The van der Waals surface area contributed by atoms with Crippen LogP contribution in [0.5, 0.6) is 0 Å². The van der Waals surface area contributed by atoms with Crippen molar-refractivity contribution in [3.63, 3.8) is 0 Å². The molecular weight excluding hydrogens is 302 g/mol. The minimum absolute atomic E-state index is 0.199. The van der Waals surface area contributed by atoms with Crippen molar-refractivity contribution in [1.82, 2.24) is 24.9 Å². The number of carbonyl (C=O) groups is 1. The molecule has 0 bridgehead atoms. The Kier molecular flexibility index (Phi) is 5.89. The van der Waals surface area contributed by atoms with Crippen LogP contribution in [0.4, 0.5) is 0 Å². The Hall–Kier alpha value is -1.40. The molecule has 6 heteroatoms. The summed E-state index contributed by atoms with van der Waals surface area (Å²) in [5.74, 6) is 0.199. The molecule has 1 aliphatic carbocycles. The lowest BCUT2D eigenvalue weighted by Gasteiger charge is -2.23. The molecule has 0 aromatic carbocycles. The third-order valence-corrected chi connectivity index (χ3v) is 5.38. The maximum Gasteiger partial charge on any atom is 0.236 e. The van der Waals surface area contributed by atoms with Crippen LogP contribution in [0.15, 0.2) is 0 Å². The van der Waals surface area contributed by atoms with Gasteiger partial charge in [-0.15, -0.1) is 0 Å². The van der Waals surface area contributed by atoms with Crippen LogP contribution >= 0.6 is 0 Å². The van der Waals surface area contributed by atoms with Gasteiger partial charge in [0.2, 0.25) is 5.91 Å². The van der Waals surface area contributed by atoms with Crippen molar-refractivity contribution in [3.05, 3.63) is 17.0 Å². The smallest absolute Gasteiger partial charge is 0.236 e. The predicted octanol–water partition coefficient (Wildman–Crippen LogP) is 1.27. The summed E-state index contributed by atoms with van der Waals surface area (Å²) in [7, 11) is 4.06. The molecule has 0 saturated carbocycles. The lowest BCUT2D eigenvalue weighted by Crippen LogP contribution is -2.39.